The molecule has 0 fully saturated rings. The zero-order chi connectivity index (χ0) is 8.97. The molecule has 0 aliphatic carbocycles. The molecule has 0 radical (unpaired) electrons. The zero-order valence-electron chi connectivity index (χ0n) is 6.99. The molecule has 0 aliphatic rings. The van der Waals surface area contributed by atoms with Crippen molar-refractivity contribution in [1.82, 2.24) is 4.98 Å². The van der Waals surface area contributed by atoms with Gasteiger partial charge in [-0.3, -0.25) is 4.79 Å². The van der Waals surface area contributed by atoms with Gasteiger partial charge in [0.25, 0.3) is 0 Å². The van der Waals surface area contributed by atoms with Crippen LogP contribution in [0.4, 0.5) is 0 Å². The zero-order valence-corrected chi connectivity index (χ0v) is 7.80. The SMILES string of the molecule is CCCC(N)C(=O)c1cscn1. The molecule has 0 amide bonds. The van der Waals surface area contributed by atoms with Crippen molar-refractivity contribution in [3.63, 3.8) is 0 Å². The van der Waals surface area contributed by atoms with Crippen LogP contribution in [0.5, 0.6) is 0 Å². The first kappa shape index (κ1) is 9.35. The Balaban J connectivity index is 2.59. The molecule has 0 bridgehead atoms. The van der Waals surface area contributed by atoms with Gasteiger partial charge < -0.3 is 5.73 Å². The molecule has 4 heteroatoms. The summed E-state index contributed by atoms with van der Waals surface area (Å²) in [7, 11) is 0. The fourth-order valence-electron chi connectivity index (χ4n) is 0.966. The van der Waals surface area contributed by atoms with E-state index >= 15 is 0 Å². The summed E-state index contributed by atoms with van der Waals surface area (Å²) in [6.45, 7) is 2.01. The first-order chi connectivity index (χ1) is 5.75. The largest absolute Gasteiger partial charge is 0.321 e. The number of carbonyl (C=O) groups is 1. The van der Waals surface area contributed by atoms with Crippen LogP contribution in [-0.2, 0) is 0 Å². The third kappa shape index (κ3) is 2.12. The lowest BCUT2D eigenvalue weighted by Gasteiger charge is -2.05. The third-order valence-corrected chi connectivity index (χ3v) is 2.21. The summed E-state index contributed by atoms with van der Waals surface area (Å²) in [4.78, 5) is 15.3. The number of ketones is 1. The van der Waals surface area contributed by atoms with Crippen LogP contribution >= 0.6 is 11.3 Å². The van der Waals surface area contributed by atoms with E-state index in [0.29, 0.717) is 5.69 Å². The molecule has 0 aromatic carbocycles. The van der Waals surface area contributed by atoms with Crippen molar-refractivity contribution in [3.8, 4) is 0 Å². The van der Waals surface area contributed by atoms with Crippen LogP contribution in [0.3, 0.4) is 0 Å². The van der Waals surface area contributed by atoms with Gasteiger partial charge in [0, 0.05) is 5.38 Å². The van der Waals surface area contributed by atoms with Crippen molar-refractivity contribution in [3.05, 3.63) is 16.6 Å². The Bertz CT molecular complexity index is 246. The Kier molecular flexibility index (Phi) is 3.37. The lowest BCUT2D eigenvalue weighted by molar-refractivity contribution is 0.0952. The van der Waals surface area contributed by atoms with Gasteiger partial charge in [0.2, 0.25) is 0 Å². The summed E-state index contributed by atoms with van der Waals surface area (Å²) in [6, 6.07) is -0.378. The van der Waals surface area contributed by atoms with Crippen molar-refractivity contribution in [2.24, 2.45) is 5.73 Å². The second-order valence-electron chi connectivity index (χ2n) is 2.63. The molecule has 12 heavy (non-hydrogen) atoms. The minimum Gasteiger partial charge on any atom is -0.321 e. The smallest absolute Gasteiger partial charge is 0.198 e. The fraction of sp³-hybridized carbons (Fsp3) is 0.500. The van der Waals surface area contributed by atoms with Crippen molar-refractivity contribution in [2.45, 2.75) is 25.8 Å². The summed E-state index contributed by atoms with van der Waals surface area (Å²) in [5.74, 6) is -0.0434. The van der Waals surface area contributed by atoms with E-state index in [-0.39, 0.29) is 11.8 Å². The monoisotopic (exact) mass is 184 g/mol. The number of nitrogens with two attached hydrogens (primary N) is 1. The van der Waals surface area contributed by atoms with Crippen LogP contribution < -0.4 is 5.73 Å². The number of hydrogen-bond donors (Lipinski definition) is 1. The topological polar surface area (TPSA) is 56.0 Å². The molecular formula is C8H12N2OS. The maximum absolute atomic E-state index is 11.4. The number of Topliss-reactive ketones (excluding diaryl/α,β-unsaturated/α-hetero) is 1. The van der Waals surface area contributed by atoms with Crippen LogP contribution in [0.2, 0.25) is 0 Å². The predicted octanol–water partition coefficient (Wildman–Crippen LogP) is 1.45. The lowest BCUT2D eigenvalue weighted by atomic mass is 10.1. The number of nitrogens with zero attached hydrogens (tertiary/aromatic N) is 1. The Morgan fingerprint density at radius 2 is 2.58 bits per heavy atom. The van der Waals surface area contributed by atoms with E-state index in [9.17, 15) is 4.79 Å². The highest BCUT2D eigenvalue weighted by molar-refractivity contribution is 7.07. The molecule has 0 saturated heterocycles. The number of rotatable bonds is 4. The summed E-state index contributed by atoms with van der Waals surface area (Å²) >= 11 is 1.42. The highest BCUT2D eigenvalue weighted by Gasteiger charge is 2.15. The van der Waals surface area contributed by atoms with Crippen LogP contribution in [-0.4, -0.2) is 16.8 Å². The highest BCUT2D eigenvalue weighted by atomic mass is 32.1. The van der Waals surface area contributed by atoms with E-state index in [2.05, 4.69) is 4.98 Å². The third-order valence-electron chi connectivity index (χ3n) is 1.62. The maximum atomic E-state index is 11.4. The summed E-state index contributed by atoms with van der Waals surface area (Å²) in [5, 5.41) is 1.73. The average Bonchev–Trinajstić information content (AvgIpc) is 2.55. The van der Waals surface area contributed by atoms with E-state index in [1.807, 2.05) is 6.92 Å². The molecule has 2 N–H and O–H groups in total. The first-order valence-corrected chi connectivity index (χ1v) is 4.88. The molecule has 1 heterocycles. The highest BCUT2D eigenvalue weighted by Crippen LogP contribution is 2.06. The summed E-state index contributed by atoms with van der Waals surface area (Å²) in [5.41, 5.74) is 7.78. The number of thiazole rings is 1. The Morgan fingerprint density at radius 1 is 1.83 bits per heavy atom. The lowest BCUT2D eigenvalue weighted by Crippen LogP contribution is -2.30. The van der Waals surface area contributed by atoms with Crippen LogP contribution in [0.1, 0.15) is 30.3 Å². The predicted molar refractivity (Wildman–Crippen MR) is 49.3 cm³/mol. The number of carbonyl (C=O) groups excluding carboxylic acids is 1. The molecule has 0 spiro atoms. The van der Waals surface area contributed by atoms with Crippen molar-refractivity contribution in [1.29, 1.82) is 0 Å². The van der Waals surface area contributed by atoms with E-state index in [4.69, 9.17) is 5.73 Å². The van der Waals surface area contributed by atoms with E-state index < -0.39 is 0 Å². The van der Waals surface area contributed by atoms with Crippen LogP contribution in [0.25, 0.3) is 0 Å². The fourth-order valence-corrected chi connectivity index (χ4v) is 1.51. The number of aromatic nitrogens is 1. The van der Waals surface area contributed by atoms with Gasteiger partial charge in [-0.1, -0.05) is 13.3 Å². The van der Waals surface area contributed by atoms with Gasteiger partial charge in [0.05, 0.1) is 11.6 Å². The molecule has 66 valence electrons. The van der Waals surface area contributed by atoms with Gasteiger partial charge in [0.1, 0.15) is 5.69 Å². The maximum Gasteiger partial charge on any atom is 0.198 e. The van der Waals surface area contributed by atoms with Crippen LogP contribution in [0.15, 0.2) is 10.9 Å². The van der Waals surface area contributed by atoms with Gasteiger partial charge >= 0.3 is 0 Å². The van der Waals surface area contributed by atoms with Gasteiger partial charge in [0.15, 0.2) is 5.78 Å². The molecule has 1 aromatic rings. The quantitative estimate of drug-likeness (QED) is 0.720. The first-order valence-electron chi connectivity index (χ1n) is 3.93. The summed E-state index contributed by atoms with van der Waals surface area (Å²) < 4.78 is 0. The second-order valence-corrected chi connectivity index (χ2v) is 3.35. The molecule has 3 nitrogen and oxygen atoms in total. The van der Waals surface area contributed by atoms with E-state index in [1.165, 1.54) is 11.3 Å². The minimum absolute atomic E-state index is 0.0434. The Hall–Kier alpha value is -0.740. The molecular weight excluding hydrogens is 172 g/mol. The van der Waals surface area contributed by atoms with Gasteiger partial charge in [-0.15, -0.1) is 11.3 Å². The summed E-state index contributed by atoms with van der Waals surface area (Å²) in [6.07, 6.45) is 1.66. The van der Waals surface area contributed by atoms with Crippen molar-refractivity contribution in [2.75, 3.05) is 0 Å². The second kappa shape index (κ2) is 4.33. The molecule has 1 aromatic heterocycles. The molecule has 0 saturated carbocycles. The normalized spacial score (nSPS) is 12.8. The van der Waals surface area contributed by atoms with Crippen LogP contribution in [0, 0.1) is 0 Å². The standard InChI is InChI=1S/C8H12N2OS/c1-2-3-6(9)8(11)7-4-12-5-10-7/h4-6H,2-3,9H2,1H3. The van der Waals surface area contributed by atoms with Crippen molar-refractivity contribution < 1.29 is 4.79 Å². The van der Waals surface area contributed by atoms with Gasteiger partial charge in [-0.05, 0) is 6.42 Å². The van der Waals surface area contributed by atoms with Gasteiger partial charge in [-0.25, -0.2) is 4.98 Å². The number of hydrogen-bond acceptors (Lipinski definition) is 4. The average molecular weight is 184 g/mol. The minimum atomic E-state index is -0.378. The Labute approximate surface area is 75.6 Å². The van der Waals surface area contributed by atoms with Crippen molar-refractivity contribution >= 4 is 17.1 Å². The van der Waals surface area contributed by atoms with E-state index in [0.717, 1.165) is 12.8 Å². The Morgan fingerprint density at radius 3 is 3.08 bits per heavy atom. The molecule has 1 rings (SSSR count). The molecule has 1 unspecified atom stereocenters. The molecule has 1 atom stereocenters. The van der Waals surface area contributed by atoms with E-state index in [1.54, 1.807) is 10.9 Å². The van der Waals surface area contributed by atoms with Gasteiger partial charge in [-0.2, -0.15) is 0 Å². The molecule has 0 aliphatic heterocycles.